The number of aryl methyl sites for hydroxylation is 3. The van der Waals surface area contributed by atoms with E-state index in [2.05, 4.69) is 75.9 Å². The molecule has 0 aliphatic rings. The lowest BCUT2D eigenvalue weighted by Gasteiger charge is -2.13. The molecule has 156 valence electrons. The smallest absolute Gasteiger partial charge is 0.196 e. The number of benzene rings is 2. The molecule has 4 nitrogen and oxygen atoms in total. The first-order valence-corrected chi connectivity index (χ1v) is 11.8. The van der Waals surface area contributed by atoms with E-state index in [1.54, 1.807) is 23.1 Å². The van der Waals surface area contributed by atoms with Crippen molar-refractivity contribution in [1.29, 1.82) is 0 Å². The molecule has 0 bridgehead atoms. The van der Waals surface area contributed by atoms with E-state index in [1.807, 2.05) is 12.1 Å². The van der Waals surface area contributed by atoms with Gasteiger partial charge in [0.1, 0.15) is 5.82 Å². The van der Waals surface area contributed by atoms with Crippen molar-refractivity contribution in [1.82, 2.24) is 19.3 Å². The van der Waals surface area contributed by atoms with Crippen LogP contribution in [0.1, 0.15) is 16.7 Å². The molecule has 0 aliphatic carbocycles. The predicted molar refractivity (Wildman–Crippen MR) is 127 cm³/mol. The average molecular weight is 449 g/mol. The SMILES string of the molecule is Cc1cc(C)cc(-n2c(SCc3ccc(F)cc3)nnc2-c2cc3sccc3n2C)c1. The maximum absolute atomic E-state index is 13.3. The van der Waals surface area contributed by atoms with Gasteiger partial charge in [-0.1, -0.05) is 30.0 Å². The Morgan fingerprint density at radius 2 is 1.71 bits per heavy atom. The molecular formula is C24H21FN4S2. The largest absolute Gasteiger partial charge is 0.340 e. The Bertz CT molecular complexity index is 1360. The van der Waals surface area contributed by atoms with Crippen LogP contribution in [-0.4, -0.2) is 19.3 Å². The highest BCUT2D eigenvalue weighted by Crippen LogP contribution is 2.34. The molecule has 0 saturated carbocycles. The summed E-state index contributed by atoms with van der Waals surface area (Å²) in [6, 6.07) is 17.4. The molecule has 31 heavy (non-hydrogen) atoms. The van der Waals surface area contributed by atoms with Gasteiger partial charge in [-0.25, -0.2) is 4.39 Å². The molecule has 3 heterocycles. The summed E-state index contributed by atoms with van der Waals surface area (Å²) in [5.41, 5.74) is 6.69. The lowest BCUT2D eigenvalue weighted by molar-refractivity contribution is 0.627. The van der Waals surface area contributed by atoms with Crippen molar-refractivity contribution in [3.63, 3.8) is 0 Å². The van der Waals surface area contributed by atoms with Crippen LogP contribution in [0.2, 0.25) is 0 Å². The van der Waals surface area contributed by atoms with Gasteiger partial charge in [-0.2, -0.15) is 0 Å². The molecule has 0 N–H and O–H groups in total. The zero-order valence-corrected chi connectivity index (χ0v) is 19.1. The van der Waals surface area contributed by atoms with Crippen LogP contribution in [0.4, 0.5) is 4.39 Å². The number of nitrogens with zero attached hydrogens (tertiary/aromatic N) is 4. The van der Waals surface area contributed by atoms with Gasteiger partial charge in [-0.05, 0) is 72.3 Å². The van der Waals surface area contributed by atoms with Gasteiger partial charge in [0.05, 0.1) is 21.6 Å². The van der Waals surface area contributed by atoms with Crippen LogP contribution >= 0.6 is 23.1 Å². The van der Waals surface area contributed by atoms with E-state index < -0.39 is 0 Å². The summed E-state index contributed by atoms with van der Waals surface area (Å²) in [7, 11) is 2.07. The first-order valence-electron chi connectivity index (χ1n) is 9.94. The van der Waals surface area contributed by atoms with Gasteiger partial charge in [0, 0.05) is 12.8 Å². The summed E-state index contributed by atoms with van der Waals surface area (Å²) >= 11 is 3.33. The first kappa shape index (κ1) is 20.0. The fourth-order valence-electron chi connectivity index (χ4n) is 3.84. The van der Waals surface area contributed by atoms with Gasteiger partial charge in [0.15, 0.2) is 11.0 Å². The summed E-state index contributed by atoms with van der Waals surface area (Å²) in [6.07, 6.45) is 0. The highest BCUT2D eigenvalue weighted by Gasteiger charge is 2.20. The number of aromatic nitrogens is 4. The Kier molecular flexibility index (Phi) is 5.16. The van der Waals surface area contributed by atoms with Crippen LogP contribution in [-0.2, 0) is 12.8 Å². The van der Waals surface area contributed by atoms with E-state index >= 15 is 0 Å². The van der Waals surface area contributed by atoms with Crippen molar-refractivity contribution in [2.45, 2.75) is 24.8 Å². The summed E-state index contributed by atoms with van der Waals surface area (Å²) < 4.78 is 18.8. The lowest BCUT2D eigenvalue weighted by Crippen LogP contribution is -2.03. The minimum atomic E-state index is -0.224. The third-order valence-electron chi connectivity index (χ3n) is 5.27. The fraction of sp³-hybridized carbons (Fsp3) is 0.167. The molecular weight excluding hydrogens is 427 g/mol. The van der Waals surface area contributed by atoms with E-state index in [4.69, 9.17) is 0 Å². The molecule has 3 aromatic heterocycles. The van der Waals surface area contributed by atoms with E-state index in [0.29, 0.717) is 5.75 Å². The third kappa shape index (κ3) is 3.79. The number of halogens is 1. The van der Waals surface area contributed by atoms with E-state index in [9.17, 15) is 4.39 Å². The van der Waals surface area contributed by atoms with Gasteiger partial charge >= 0.3 is 0 Å². The van der Waals surface area contributed by atoms with Gasteiger partial charge in [0.25, 0.3) is 0 Å². The van der Waals surface area contributed by atoms with Crippen molar-refractivity contribution in [3.05, 3.63) is 82.5 Å². The highest BCUT2D eigenvalue weighted by molar-refractivity contribution is 7.98. The van der Waals surface area contributed by atoms with Crippen molar-refractivity contribution < 1.29 is 4.39 Å². The summed E-state index contributed by atoms with van der Waals surface area (Å²) in [5.74, 6) is 1.28. The quantitative estimate of drug-likeness (QED) is 0.287. The predicted octanol–water partition coefficient (Wildman–Crippen LogP) is 6.54. The molecule has 0 spiro atoms. The third-order valence-corrected chi connectivity index (χ3v) is 7.13. The zero-order chi connectivity index (χ0) is 21.5. The number of hydrogen-bond acceptors (Lipinski definition) is 4. The molecule has 7 heteroatoms. The summed E-state index contributed by atoms with van der Waals surface area (Å²) in [5, 5.41) is 12.1. The van der Waals surface area contributed by atoms with Crippen molar-refractivity contribution in [2.75, 3.05) is 0 Å². The summed E-state index contributed by atoms with van der Waals surface area (Å²) in [6.45, 7) is 4.20. The molecule has 0 saturated heterocycles. The number of rotatable bonds is 5. The maximum atomic E-state index is 13.3. The standard InChI is InChI=1S/C24H21FN4S2/c1-15-10-16(2)12-19(11-15)29-23(21-13-22-20(28(21)3)8-9-30-22)26-27-24(29)31-14-17-4-6-18(25)7-5-17/h4-13H,14H2,1-3H3. The number of hydrogen-bond donors (Lipinski definition) is 0. The number of fused-ring (bicyclic) bond motifs is 1. The molecule has 0 atom stereocenters. The minimum absolute atomic E-state index is 0.224. The maximum Gasteiger partial charge on any atom is 0.196 e. The van der Waals surface area contributed by atoms with Crippen LogP contribution in [0.25, 0.3) is 27.4 Å². The van der Waals surface area contributed by atoms with Gasteiger partial charge in [0.2, 0.25) is 0 Å². The van der Waals surface area contributed by atoms with Gasteiger partial charge in [-0.15, -0.1) is 21.5 Å². The van der Waals surface area contributed by atoms with Gasteiger partial charge < -0.3 is 4.57 Å². The van der Waals surface area contributed by atoms with Crippen LogP contribution in [0.5, 0.6) is 0 Å². The normalized spacial score (nSPS) is 11.5. The number of thioether (sulfide) groups is 1. The van der Waals surface area contributed by atoms with Crippen LogP contribution < -0.4 is 0 Å². The fourth-order valence-corrected chi connectivity index (χ4v) is 5.59. The van der Waals surface area contributed by atoms with Crippen molar-refractivity contribution >= 4 is 33.3 Å². The minimum Gasteiger partial charge on any atom is -0.340 e. The second-order valence-corrected chi connectivity index (χ2v) is 9.55. The topological polar surface area (TPSA) is 35.6 Å². The van der Waals surface area contributed by atoms with E-state index in [1.165, 1.54) is 33.5 Å². The van der Waals surface area contributed by atoms with Crippen molar-refractivity contribution in [3.8, 4) is 17.2 Å². The Morgan fingerprint density at radius 1 is 0.968 bits per heavy atom. The second kappa shape index (κ2) is 7.98. The second-order valence-electron chi connectivity index (χ2n) is 7.66. The number of thiophene rings is 1. The Morgan fingerprint density at radius 3 is 2.42 bits per heavy atom. The monoisotopic (exact) mass is 448 g/mol. The zero-order valence-electron chi connectivity index (χ0n) is 17.5. The van der Waals surface area contributed by atoms with E-state index in [0.717, 1.165) is 27.9 Å². The van der Waals surface area contributed by atoms with E-state index in [-0.39, 0.29) is 5.82 Å². The first-order chi connectivity index (χ1) is 15.0. The molecule has 0 aliphatic heterocycles. The van der Waals surface area contributed by atoms with Crippen LogP contribution in [0, 0.1) is 19.7 Å². The Balaban J connectivity index is 1.61. The molecule has 2 aromatic carbocycles. The highest BCUT2D eigenvalue weighted by atomic mass is 32.2. The van der Waals surface area contributed by atoms with Crippen molar-refractivity contribution in [2.24, 2.45) is 7.05 Å². The molecule has 0 amide bonds. The Labute approximate surface area is 188 Å². The van der Waals surface area contributed by atoms with Crippen LogP contribution in [0.3, 0.4) is 0 Å². The molecule has 5 rings (SSSR count). The van der Waals surface area contributed by atoms with Gasteiger partial charge in [-0.3, -0.25) is 4.57 Å². The molecule has 5 aromatic rings. The Hall–Kier alpha value is -2.90. The molecule has 0 fully saturated rings. The average Bonchev–Trinajstić information content (AvgIpc) is 3.43. The lowest BCUT2D eigenvalue weighted by atomic mass is 10.1. The van der Waals surface area contributed by atoms with Crippen LogP contribution in [0.15, 0.2) is 65.1 Å². The summed E-state index contributed by atoms with van der Waals surface area (Å²) in [4.78, 5) is 0. The molecule has 0 unspecified atom stereocenters. The molecule has 0 radical (unpaired) electrons.